The van der Waals surface area contributed by atoms with Gasteiger partial charge in [0.05, 0.1) is 11.4 Å². The average molecular weight is 358 g/mol. The van der Waals surface area contributed by atoms with Crippen molar-refractivity contribution < 1.29 is 4.79 Å². The molecule has 0 aromatic carbocycles. The van der Waals surface area contributed by atoms with E-state index in [1.54, 1.807) is 11.3 Å². The number of amides is 1. The minimum absolute atomic E-state index is 0.131. The summed E-state index contributed by atoms with van der Waals surface area (Å²) in [7, 11) is 1.50. The van der Waals surface area contributed by atoms with E-state index in [9.17, 15) is 14.4 Å². The van der Waals surface area contributed by atoms with Crippen molar-refractivity contribution in [1.82, 2.24) is 19.9 Å². The maximum atomic E-state index is 12.6. The van der Waals surface area contributed by atoms with Crippen LogP contribution in [0.1, 0.15) is 35.3 Å². The molecule has 130 valence electrons. The lowest BCUT2D eigenvalue weighted by atomic mass is 10.0. The molecule has 8 heteroatoms. The minimum atomic E-state index is -0.568. The maximum Gasteiger partial charge on any atom is 0.329 e. The van der Waals surface area contributed by atoms with Gasteiger partial charge in [0.1, 0.15) is 11.3 Å². The topological polar surface area (TPSA) is 96.9 Å². The third kappa shape index (κ3) is 3.25. The lowest BCUT2D eigenvalue weighted by molar-refractivity contribution is 0.0921. The van der Waals surface area contributed by atoms with Crippen LogP contribution in [0.4, 0.5) is 0 Å². The number of hydrogen-bond acceptors (Lipinski definition) is 5. The number of carbonyl (C=O) groups excluding carboxylic acids is 1. The number of carbonyl (C=O) groups is 1. The number of fused-ring (bicyclic) bond motifs is 1. The standard InChI is InChI=1S/C17H18N4O3S/c1-9(2)13(12-5-4-8-25-12)19-16(23)11-7-6-10-14(18-11)21(3)17(24)20-15(10)22/h4-9,13H,1-3H3,(H,19,23)(H,20,22,24). The van der Waals surface area contributed by atoms with Gasteiger partial charge in [0.25, 0.3) is 11.5 Å². The molecular formula is C17H18N4O3S. The second-order valence-corrected chi connectivity index (χ2v) is 7.08. The van der Waals surface area contributed by atoms with E-state index < -0.39 is 11.2 Å². The molecule has 3 aromatic heterocycles. The predicted molar refractivity (Wildman–Crippen MR) is 97.0 cm³/mol. The van der Waals surface area contributed by atoms with Gasteiger partial charge in [-0.05, 0) is 29.5 Å². The summed E-state index contributed by atoms with van der Waals surface area (Å²) in [5.74, 6) is -0.142. The third-order valence-electron chi connectivity index (χ3n) is 4.00. The molecule has 3 heterocycles. The molecule has 3 aromatic rings. The molecule has 0 aliphatic heterocycles. The maximum absolute atomic E-state index is 12.6. The summed E-state index contributed by atoms with van der Waals surface area (Å²) in [4.78, 5) is 43.7. The van der Waals surface area contributed by atoms with Crippen LogP contribution in [0, 0.1) is 5.92 Å². The number of thiophene rings is 1. The van der Waals surface area contributed by atoms with Gasteiger partial charge in [0, 0.05) is 11.9 Å². The van der Waals surface area contributed by atoms with Crippen molar-refractivity contribution >= 4 is 28.3 Å². The van der Waals surface area contributed by atoms with E-state index in [1.165, 1.54) is 23.7 Å². The predicted octanol–water partition coefficient (Wildman–Crippen LogP) is 1.81. The molecule has 0 aliphatic rings. The highest BCUT2D eigenvalue weighted by Gasteiger charge is 2.21. The van der Waals surface area contributed by atoms with Crippen LogP contribution in [0.25, 0.3) is 11.0 Å². The quantitative estimate of drug-likeness (QED) is 0.743. The largest absolute Gasteiger partial charge is 0.343 e. The molecule has 0 radical (unpaired) electrons. The highest BCUT2D eigenvalue weighted by Crippen LogP contribution is 2.26. The molecule has 0 fully saturated rings. The first-order chi connectivity index (χ1) is 11.9. The lowest BCUT2D eigenvalue weighted by Gasteiger charge is -2.21. The van der Waals surface area contributed by atoms with Crippen molar-refractivity contribution in [2.75, 3.05) is 0 Å². The smallest absolute Gasteiger partial charge is 0.329 e. The van der Waals surface area contributed by atoms with E-state index in [4.69, 9.17) is 0 Å². The van der Waals surface area contributed by atoms with Gasteiger partial charge in [-0.2, -0.15) is 0 Å². The monoisotopic (exact) mass is 358 g/mol. The van der Waals surface area contributed by atoms with Gasteiger partial charge in [-0.1, -0.05) is 19.9 Å². The SMILES string of the molecule is CC(C)C(NC(=O)c1ccc2c(=O)[nH]c(=O)n(C)c2n1)c1cccs1. The van der Waals surface area contributed by atoms with Gasteiger partial charge >= 0.3 is 5.69 Å². The molecule has 0 bridgehead atoms. The Morgan fingerprint density at radius 3 is 2.68 bits per heavy atom. The number of aryl methyl sites for hydroxylation is 1. The van der Waals surface area contributed by atoms with Gasteiger partial charge in [-0.25, -0.2) is 9.78 Å². The zero-order valence-corrected chi connectivity index (χ0v) is 14.9. The first-order valence-corrected chi connectivity index (χ1v) is 8.70. The van der Waals surface area contributed by atoms with Gasteiger partial charge in [-0.3, -0.25) is 19.1 Å². The Morgan fingerprint density at radius 2 is 2.04 bits per heavy atom. The fourth-order valence-corrected chi connectivity index (χ4v) is 3.55. The summed E-state index contributed by atoms with van der Waals surface area (Å²) in [5, 5.41) is 5.21. The van der Waals surface area contributed by atoms with Crippen molar-refractivity contribution in [3.05, 3.63) is 61.1 Å². The number of aromatic nitrogens is 3. The Morgan fingerprint density at radius 1 is 1.28 bits per heavy atom. The zero-order chi connectivity index (χ0) is 18.1. The van der Waals surface area contributed by atoms with Crippen LogP contribution in [-0.4, -0.2) is 20.4 Å². The van der Waals surface area contributed by atoms with Gasteiger partial charge in [-0.15, -0.1) is 11.3 Å². The van der Waals surface area contributed by atoms with E-state index in [2.05, 4.69) is 15.3 Å². The van der Waals surface area contributed by atoms with E-state index >= 15 is 0 Å². The first-order valence-electron chi connectivity index (χ1n) is 7.83. The van der Waals surface area contributed by atoms with Gasteiger partial charge < -0.3 is 5.32 Å². The molecule has 25 heavy (non-hydrogen) atoms. The summed E-state index contributed by atoms with van der Waals surface area (Å²) >= 11 is 1.58. The summed E-state index contributed by atoms with van der Waals surface area (Å²) in [6, 6.07) is 6.78. The number of aromatic amines is 1. The molecule has 0 saturated heterocycles. The van der Waals surface area contributed by atoms with E-state index in [-0.39, 0.29) is 34.6 Å². The normalized spacial score (nSPS) is 12.5. The van der Waals surface area contributed by atoms with Gasteiger partial charge in [0.15, 0.2) is 0 Å². The molecule has 3 rings (SSSR count). The zero-order valence-electron chi connectivity index (χ0n) is 14.1. The van der Waals surface area contributed by atoms with E-state index in [1.807, 2.05) is 31.4 Å². The van der Waals surface area contributed by atoms with Crippen LogP contribution in [0.2, 0.25) is 0 Å². The van der Waals surface area contributed by atoms with Crippen molar-refractivity contribution in [2.45, 2.75) is 19.9 Å². The van der Waals surface area contributed by atoms with Crippen molar-refractivity contribution in [3.8, 4) is 0 Å². The number of H-pyrrole nitrogens is 1. The van der Waals surface area contributed by atoms with Crippen LogP contribution < -0.4 is 16.6 Å². The summed E-state index contributed by atoms with van der Waals surface area (Å²) in [5.41, 5.74) is -0.744. The van der Waals surface area contributed by atoms with Crippen LogP contribution in [-0.2, 0) is 7.05 Å². The highest BCUT2D eigenvalue weighted by atomic mass is 32.1. The Kier molecular flexibility index (Phi) is 4.54. The third-order valence-corrected chi connectivity index (χ3v) is 4.95. The Labute approximate surface area is 147 Å². The first kappa shape index (κ1) is 17.1. The fourth-order valence-electron chi connectivity index (χ4n) is 2.60. The molecular weight excluding hydrogens is 340 g/mol. The lowest BCUT2D eigenvalue weighted by Crippen LogP contribution is -2.33. The highest BCUT2D eigenvalue weighted by molar-refractivity contribution is 7.10. The van der Waals surface area contributed by atoms with Crippen LogP contribution in [0.15, 0.2) is 39.2 Å². The second kappa shape index (κ2) is 6.64. The number of hydrogen-bond donors (Lipinski definition) is 2. The summed E-state index contributed by atoms with van der Waals surface area (Å²) < 4.78 is 1.21. The fraction of sp³-hybridized carbons (Fsp3) is 0.294. The molecule has 0 saturated carbocycles. The van der Waals surface area contributed by atoms with Crippen molar-refractivity contribution in [2.24, 2.45) is 13.0 Å². The number of nitrogens with one attached hydrogen (secondary N) is 2. The van der Waals surface area contributed by atoms with E-state index in [0.717, 1.165) is 4.88 Å². The van der Waals surface area contributed by atoms with Crippen molar-refractivity contribution in [1.29, 1.82) is 0 Å². The van der Waals surface area contributed by atoms with Crippen LogP contribution in [0.5, 0.6) is 0 Å². The molecule has 2 N–H and O–H groups in total. The molecule has 1 amide bonds. The molecule has 7 nitrogen and oxygen atoms in total. The second-order valence-electron chi connectivity index (χ2n) is 6.10. The molecule has 1 unspecified atom stereocenters. The summed E-state index contributed by atoms with van der Waals surface area (Å²) in [6.45, 7) is 4.06. The minimum Gasteiger partial charge on any atom is -0.343 e. The number of rotatable bonds is 4. The average Bonchev–Trinajstić information content (AvgIpc) is 3.10. The Bertz CT molecular complexity index is 1030. The Balaban J connectivity index is 1.98. The molecule has 0 spiro atoms. The van der Waals surface area contributed by atoms with Crippen LogP contribution in [0.3, 0.4) is 0 Å². The number of nitrogens with zero attached hydrogens (tertiary/aromatic N) is 2. The van der Waals surface area contributed by atoms with Crippen LogP contribution >= 0.6 is 11.3 Å². The van der Waals surface area contributed by atoms with Gasteiger partial charge in [0.2, 0.25) is 0 Å². The molecule has 0 aliphatic carbocycles. The summed E-state index contributed by atoms with van der Waals surface area (Å²) in [6.07, 6.45) is 0. The van der Waals surface area contributed by atoms with E-state index in [0.29, 0.717) is 0 Å². The Hall–Kier alpha value is -2.74. The number of pyridine rings is 1. The molecule has 1 atom stereocenters. The van der Waals surface area contributed by atoms with Crippen molar-refractivity contribution in [3.63, 3.8) is 0 Å².